The molecule has 0 saturated carbocycles. The van der Waals surface area contributed by atoms with Crippen molar-refractivity contribution in [1.29, 1.82) is 0 Å². The molecule has 3 aromatic rings. The van der Waals surface area contributed by atoms with Gasteiger partial charge in [-0.25, -0.2) is 8.42 Å². The summed E-state index contributed by atoms with van der Waals surface area (Å²) < 4.78 is 44.1. The fraction of sp³-hybridized carbons (Fsp3) is 0.250. The normalized spacial score (nSPS) is 13.2. The highest BCUT2D eigenvalue weighted by molar-refractivity contribution is 7.92. The van der Waals surface area contributed by atoms with Crippen molar-refractivity contribution in [3.05, 3.63) is 81.9 Å². The predicted octanol–water partition coefficient (Wildman–Crippen LogP) is 5.23. The van der Waals surface area contributed by atoms with Crippen LogP contribution in [0.2, 0.25) is 5.02 Å². The van der Waals surface area contributed by atoms with Crippen molar-refractivity contribution in [3.8, 4) is 11.5 Å². The summed E-state index contributed by atoms with van der Waals surface area (Å²) in [5.41, 5.74) is 4.23. The molecule has 0 N–H and O–H groups in total. The minimum atomic E-state index is -3.66. The minimum Gasteiger partial charge on any atom is -0.489 e. The molecule has 0 aromatic heterocycles. The summed E-state index contributed by atoms with van der Waals surface area (Å²) in [6, 6.07) is 15.7. The minimum absolute atomic E-state index is 0.192. The number of rotatable bonds is 6. The van der Waals surface area contributed by atoms with E-state index in [0.717, 1.165) is 28.0 Å². The van der Waals surface area contributed by atoms with Gasteiger partial charge in [0, 0.05) is 23.2 Å². The first-order valence-corrected chi connectivity index (χ1v) is 11.9. The van der Waals surface area contributed by atoms with Gasteiger partial charge in [0.15, 0.2) is 6.79 Å². The molecular formula is C24H24ClNO5S. The van der Waals surface area contributed by atoms with E-state index in [0.29, 0.717) is 23.1 Å². The summed E-state index contributed by atoms with van der Waals surface area (Å²) in [6.45, 7) is 4.75. The molecule has 168 valence electrons. The number of fused-ring (bicyclic) bond motifs is 1. The van der Waals surface area contributed by atoms with E-state index in [4.69, 9.17) is 25.8 Å². The van der Waals surface area contributed by atoms with E-state index in [-0.39, 0.29) is 18.3 Å². The molecule has 0 atom stereocenters. The van der Waals surface area contributed by atoms with E-state index in [1.165, 1.54) is 11.4 Å². The number of aryl methyl sites for hydroxylation is 2. The summed E-state index contributed by atoms with van der Waals surface area (Å²) in [5, 5.41) is 0.588. The molecule has 0 fully saturated rings. The molecule has 1 heterocycles. The van der Waals surface area contributed by atoms with Gasteiger partial charge in [-0.2, -0.15) is 0 Å². The largest absolute Gasteiger partial charge is 0.489 e. The van der Waals surface area contributed by atoms with Gasteiger partial charge in [0.2, 0.25) is 0 Å². The number of sulfonamides is 1. The molecule has 0 saturated heterocycles. The highest BCUT2D eigenvalue weighted by Crippen LogP contribution is 2.33. The zero-order valence-corrected chi connectivity index (χ0v) is 19.7. The van der Waals surface area contributed by atoms with Gasteiger partial charge in [0.1, 0.15) is 18.1 Å². The van der Waals surface area contributed by atoms with Crippen LogP contribution in [0.1, 0.15) is 22.3 Å². The van der Waals surface area contributed by atoms with Crippen molar-refractivity contribution in [1.82, 2.24) is 0 Å². The van der Waals surface area contributed by atoms with Crippen LogP contribution in [0.4, 0.5) is 5.69 Å². The molecule has 0 bridgehead atoms. The molecule has 1 aliphatic rings. The molecule has 4 rings (SSSR count). The Morgan fingerprint density at radius 1 is 1.03 bits per heavy atom. The molecule has 0 aliphatic carbocycles. The van der Waals surface area contributed by atoms with Gasteiger partial charge >= 0.3 is 0 Å². The van der Waals surface area contributed by atoms with Crippen LogP contribution in [0.5, 0.6) is 11.5 Å². The Bertz CT molecular complexity index is 1240. The monoisotopic (exact) mass is 473 g/mol. The summed E-state index contributed by atoms with van der Waals surface area (Å²) >= 11 is 6.20. The zero-order chi connectivity index (χ0) is 22.9. The Balaban J connectivity index is 1.49. The van der Waals surface area contributed by atoms with Crippen LogP contribution < -0.4 is 13.8 Å². The maximum absolute atomic E-state index is 13.0. The van der Waals surface area contributed by atoms with Crippen LogP contribution in [0, 0.1) is 13.8 Å². The molecule has 32 heavy (non-hydrogen) atoms. The first-order chi connectivity index (χ1) is 15.3. The van der Waals surface area contributed by atoms with E-state index in [1.807, 2.05) is 32.0 Å². The second kappa shape index (κ2) is 9.02. The van der Waals surface area contributed by atoms with Gasteiger partial charge in [-0.3, -0.25) is 4.31 Å². The highest BCUT2D eigenvalue weighted by Gasteiger charge is 2.22. The first-order valence-electron chi connectivity index (χ1n) is 10.1. The number of anilines is 1. The average Bonchev–Trinajstić information content (AvgIpc) is 2.79. The molecule has 8 heteroatoms. The number of nitrogens with zero attached hydrogens (tertiary/aromatic N) is 1. The number of benzene rings is 3. The number of ether oxygens (including phenoxy) is 3. The molecule has 0 amide bonds. The Morgan fingerprint density at radius 3 is 2.50 bits per heavy atom. The van der Waals surface area contributed by atoms with E-state index in [1.54, 1.807) is 36.4 Å². The number of hydrogen-bond donors (Lipinski definition) is 0. The number of hydrogen-bond acceptors (Lipinski definition) is 5. The quantitative estimate of drug-likeness (QED) is 0.490. The topological polar surface area (TPSA) is 65.1 Å². The average molecular weight is 474 g/mol. The van der Waals surface area contributed by atoms with Crippen LogP contribution >= 0.6 is 11.6 Å². The van der Waals surface area contributed by atoms with Crippen molar-refractivity contribution in [2.75, 3.05) is 18.1 Å². The van der Waals surface area contributed by atoms with Crippen LogP contribution in [-0.2, 0) is 28.0 Å². The van der Waals surface area contributed by atoms with Crippen LogP contribution in [0.25, 0.3) is 0 Å². The third-order valence-corrected chi connectivity index (χ3v) is 7.48. The second-order valence-corrected chi connectivity index (χ2v) is 10.1. The van der Waals surface area contributed by atoms with E-state index >= 15 is 0 Å². The van der Waals surface area contributed by atoms with Gasteiger partial charge < -0.3 is 14.2 Å². The van der Waals surface area contributed by atoms with Gasteiger partial charge in [0.25, 0.3) is 10.0 Å². The SMILES string of the molecule is Cc1ccc(S(=O)(=O)N(C)c2ccc(OCc3cc(Cl)cc4c3OCOC4)cc2)cc1C. The standard InChI is InChI=1S/C24H24ClNO5S/c1-16-4-9-23(10-17(16)2)32(27,28)26(3)21-5-7-22(8-6-21)30-14-19-12-20(25)11-18-13-29-15-31-24(18)19/h4-12H,13-15H2,1-3H3. The lowest BCUT2D eigenvalue weighted by Gasteiger charge is -2.22. The Morgan fingerprint density at radius 2 is 1.78 bits per heavy atom. The smallest absolute Gasteiger partial charge is 0.264 e. The Hall–Kier alpha value is -2.74. The molecule has 1 aliphatic heterocycles. The summed E-state index contributed by atoms with van der Waals surface area (Å²) in [5.74, 6) is 1.34. The van der Waals surface area contributed by atoms with Crippen LogP contribution in [0.3, 0.4) is 0 Å². The Kier molecular flexibility index (Phi) is 6.33. The lowest BCUT2D eigenvalue weighted by Crippen LogP contribution is -2.26. The lowest BCUT2D eigenvalue weighted by molar-refractivity contribution is -0.0175. The first kappa shape index (κ1) is 22.5. The fourth-order valence-corrected chi connectivity index (χ4v) is 4.99. The van der Waals surface area contributed by atoms with Gasteiger partial charge in [-0.1, -0.05) is 17.7 Å². The van der Waals surface area contributed by atoms with E-state index in [9.17, 15) is 8.42 Å². The maximum atomic E-state index is 13.0. The molecule has 6 nitrogen and oxygen atoms in total. The van der Waals surface area contributed by atoms with Crippen LogP contribution in [0.15, 0.2) is 59.5 Å². The van der Waals surface area contributed by atoms with Gasteiger partial charge in [0.05, 0.1) is 17.2 Å². The van der Waals surface area contributed by atoms with Crippen molar-refractivity contribution >= 4 is 27.3 Å². The van der Waals surface area contributed by atoms with Crippen molar-refractivity contribution < 1.29 is 22.6 Å². The molecular weight excluding hydrogens is 450 g/mol. The third kappa shape index (κ3) is 4.55. The Labute approximate surface area is 193 Å². The van der Waals surface area contributed by atoms with Gasteiger partial charge in [-0.05, 0) is 73.5 Å². The molecule has 0 spiro atoms. The summed E-state index contributed by atoms with van der Waals surface area (Å²) in [6.07, 6.45) is 0. The molecule has 0 radical (unpaired) electrons. The van der Waals surface area contributed by atoms with Gasteiger partial charge in [-0.15, -0.1) is 0 Å². The third-order valence-electron chi connectivity index (χ3n) is 5.48. The van der Waals surface area contributed by atoms with Crippen molar-refractivity contribution in [2.24, 2.45) is 0 Å². The van der Waals surface area contributed by atoms with E-state index in [2.05, 4.69) is 0 Å². The highest BCUT2D eigenvalue weighted by atomic mass is 35.5. The second-order valence-electron chi connectivity index (χ2n) is 7.66. The zero-order valence-electron chi connectivity index (χ0n) is 18.1. The molecule has 3 aromatic carbocycles. The lowest BCUT2D eigenvalue weighted by atomic mass is 10.1. The summed E-state index contributed by atoms with van der Waals surface area (Å²) in [7, 11) is -2.13. The van der Waals surface area contributed by atoms with E-state index < -0.39 is 10.0 Å². The van der Waals surface area contributed by atoms with Crippen molar-refractivity contribution in [2.45, 2.75) is 32.0 Å². The number of halogens is 1. The predicted molar refractivity (Wildman–Crippen MR) is 124 cm³/mol. The van der Waals surface area contributed by atoms with Crippen molar-refractivity contribution in [3.63, 3.8) is 0 Å². The maximum Gasteiger partial charge on any atom is 0.264 e. The fourth-order valence-electron chi connectivity index (χ4n) is 3.45. The molecule has 0 unspecified atom stereocenters. The van der Waals surface area contributed by atoms with Crippen LogP contribution in [-0.4, -0.2) is 22.3 Å². The summed E-state index contributed by atoms with van der Waals surface area (Å²) in [4.78, 5) is 0.262.